The predicted molar refractivity (Wildman–Crippen MR) is 87.0 cm³/mol. The van der Waals surface area contributed by atoms with Gasteiger partial charge in [-0.1, -0.05) is 32.4 Å². The largest absolute Gasteiger partial charge is 0.378 e. The lowest BCUT2D eigenvalue weighted by atomic mass is 9.64. The number of hydrogen-bond acceptors (Lipinski definition) is 4. The van der Waals surface area contributed by atoms with E-state index in [0.29, 0.717) is 17.3 Å². The molecule has 0 bridgehead atoms. The minimum Gasteiger partial charge on any atom is -0.378 e. The van der Waals surface area contributed by atoms with Gasteiger partial charge < -0.3 is 10.1 Å². The van der Waals surface area contributed by atoms with E-state index in [1.165, 1.54) is 0 Å². The van der Waals surface area contributed by atoms with Crippen LogP contribution in [-0.2, 0) is 11.2 Å². The minimum absolute atomic E-state index is 0.102. The molecule has 0 aromatic carbocycles. The zero-order chi connectivity index (χ0) is 15.6. The van der Waals surface area contributed by atoms with Gasteiger partial charge in [-0.2, -0.15) is 0 Å². The highest BCUT2D eigenvalue weighted by molar-refractivity contribution is 6.30. The smallest absolute Gasteiger partial charge is 0.137 e. The van der Waals surface area contributed by atoms with Crippen LogP contribution in [0.2, 0.25) is 5.15 Å². The van der Waals surface area contributed by atoms with Crippen LogP contribution in [0.3, 0.4) is 0 Å². The summed E-state index contributed by atoms with van der Waals surface area (Å²) in [7, 11) is 0. The second-order valence-electron chi connectivity index (χ2n) is 6.35. The van der Waals surface area contributed by atoms with Gasteiger partial charge in [-0.05, 0) is 26.7 Å². The van der Waals surface area contributed by atoms with Gasteiger partial charge in [-0.15, -0.1) is 0 Å². The Balaban J connectivity index is 2.13. The van der Waals surface area contributed by atoms with Crippen LogP contribution in [0.15, 0.2) is 0 Å². The van der Waals surface area contributed by atoms with Gasteiger partial charge in [0.15, 0.2) is 0 Å². The molecule has 1 N–H and O–H groups in total. The molecule has 0 saturated heterocycles. The van der Waals surface area contributed by atoms with Crippen LogP contribution in [0.1, 0.15) is 51.9 Å². The first-order valence-corrected chi connectivity index (χ1v) is 8.19. The molecule has 1 heterocycles. The fraction of sp³-hybridized carbons (Fsp3) is 0.750. The SMILES string of the molecule is CCCc1nc(Cl)c(C)c(NC2CC(OCC)C2(C)C)n1. The standard InChI is InChI=1S/C16H26ClN3O/c1-6-8-13-19-14(17)10(3)15(20-13)18-11-9-12(21-7-2)16(11,4)5/h11-12H,6-9H2,1-5H3,(H,18,19,20). The average Bonchev–Trinajstić information content (AvgIpc) is 2.43. The Kier molecular flexibility index (Phi) is 5.10. The van der Waals surface area contributed by atoms with Crippen molar-refractivity contribution in [3.63, 3.8) is 0 Å². The third kappa shape index (κ3) is 3.32. The zero-order valence-corrected chi connectivity index (χ0v) is 14.4. The van der Waals surface area contributed by atoms with Crippen LogP contribution in [-0.4, -0.2) is 28.7 Å². The highest BCUT2D eigenvalue weighted by Gasteiger charge is 2.49. The van der Waals surface area contributed by atoms with Crippen LogP contribution >= 0.6 is 11.6 Å². The van der Waals surface area contributed by atoms with Gasteiger partial charge in [0.2, 0.25) is 0 Å². The maximum atomic E-state index is 6.23. The highest BCUT2D eigenvalue weighted by Crippen LogP contribution is 2.44. The molecular formula is C16H26ClN3O. The number of aromatic nitrogens is 2. The highest BCUT2D eigenvalue weighted by atomic mass is 35.5. The molecule has 1 aromatic rings. The Morgan fingerprint density at radius 1 is 1.33 bits per heavy atom. The summed E-state index contributed by atoms with van der Waals surface area (Å²) in [6.07, 6.45) is 3.18. The van der Waals surface area contributed by atoms with Gasteiger partial charge in [0.05, 0.1) is 6.10 Å². The predicted octanol–water partition coefficient (Wildman–Crippen LogP) is 4.01. The van der Waals surface area contributed by atoms with E-state index in [-0.39, 0.29) is 5.41 Å². The van der Waals surface area contributed by atoms with Crippen molar-refractivity contribution in [1.29, 1.82) is 0 Å². The molecule has 5 heteroatoms. The first-order valence-electron chi connectivity index (χ1n) is 7.81. The summed E-state index contributed by atoms with van der Waals surface area (Å²) in [5.41, 5.74) is 1.03. The van der Waals surface area contributed by atoms with E-state index in [1.807, 2.05) is 13.8 Å². The van der Waals surface area contributed by atoms with E-state index < -0.39 is 0 Å². The van der Waals surface area contributed by atoms with E-state index in [9.17, 15) is 0 Å². The molecule has 1 fully saturated rings. The molecule has 0 aliphatic heterocycles. The molecule has 1 saturated carbocycles. The van der Waals surface area contributed by atoms with Crippen LogP contribution in [0.5, 0.6) is 0 Å². The van der Waals surface area contributed by atoms with Gasteiger partial charge in [-0.25, -0.2) is 9.97 Å². The lowest BCUT2D eigenvalue weighted by Gasteiger charge is -2.51. The summed E-state index contributed by atoms with van der Waals surface area (Å²) in [6.45, 7) is 11.4. The van der Waals surface area contributed by atoms with Crippen LogP contribution in [0, 0.1) is 12.3 Å². The molecule has 118 valence electrons. The molecule has 0 amide bonds. The summed E-state index contributed by atoms with van der Waals surface area (Å²) in [4.78, 5) is 8.98. The zero-order valence-electron chi connectivity index (χ0n) is 13.7. The average molecular weight is 312 g/mol. The summed E-state index contributed by atoms with van der Waals surface area (Å²) >= 11 is 6.23. The second kappa shape index (κ2) is 6.49. The molecule has 1 aliphatic carbocycles. The van der Waals surface area contributed by atoms with E-state index >= 15 is 0 Å². The van der Waals surface area contributed by atoms with Gasteiger partial charge >= 0.3 is 0 Å². The maximum absolute atomic E-state index is 6.23. The number of nitrogens with zero attached hydrogens (tertiary/aromatic N) is 2. The Bertz CT molecular complexity index is 505. The molecule has 21 heavy (non-hydrogen) atoms. The topological polar surface area (TPSA) is 47.0 Å². The summed E-state index contributed by atoms with van der Waals surface area (Å²) in [6, 6.07) is 0.355. The molecule has 0 spiro atoms. The van der Waals surface area contributed by atoms with Crippen LogP contribution in [0.4, 0.5) is 5.82 Å². The third-order valence-electron chi connectivity index (χ3n) is 4.46. The van der Waals surface area contributed by atoms with Crippen molar-refractivity contribution < 1.29 is 4.74 Å². The first-order chi connectivity index (χ1) is 9.90. The monoisotopic (exact) mass is 311 g/mol. The van der Waals surface area contributed by atoms with Crippen LogP contribution in [0.25, 0.3) is 0 Å². The number of rotatable bonds is 6. The van der Waals surface area contributed by atoms with Crippen molar-refractivity contribution in [2.75, 3.05) is 11.9 Å². The van der Waals surface area contributed by atoms with Gasteiger partial charge in [-0.3, -0.25) is 0 Å². The number of halogens is 1. The first kappa shape index (κ1) is 16.5. The normalized spacial score (nSPS) is 23.7. The third-order valence-corrected chi connectivity index (χ3v) is 4.83. The number of nitrogens with one attached hydrogen (secondary N) is 1. The molecule has 2 rings (SSSR count). The van der Waals surface area contributed by atoms with E-state index in [1.54, 1.807) is 0 Å². The van der Waals surface area contributed by atoms with Gasteiger partial charge in [0, 0.05) is 30.0 Å². The van der Waals surface area contributed by atoms with Crippen molar-refractivity contribution in [3.8, 4) is 0 Å². The number of anilines is 1. The quantitative estimate of drug-likeness (QED) is 0.806. The van der Waals surface area contributed by atoms with Crippen molar-refractivity contribution in [2.45, 2.75) is 66.0 Å². The van der Waals surface area contributed by atoms with Gasteiger partial charge in [0.1, 0.15) is 16.8 Å². The fourth-order valence-corrected chi connectivity index (χ4v) is 2.98. The molecule has 4 nitrogen and oxygen atoms in total. The Hall–Kier alpha value is -0.870. The van der Waals surface area contributed by atoms with E-state index in [2.05, 4.69) is 36.1 Å². The van der Waals surface area contributed by atoms with Crippen molar-refractivity contribution in [3.05, 3.63) is 16.5 Å². The van der Waals surface area contributed by atoms with Crippen molar-refractivity contribution >= 4 is 17.4 Å². The number of hydrogen-bond donors (Lipinski definition) is 1. The second-order valence-corrected chi connectivity index (χ2v) is 6.71. The van der Waals surface area contributed by atoms with Crippen molar-refractivity contribution in [2.24, 2.45) is 5.41 Å². The van der Waals surface area contributed by atoms with Crippen molar-refractivity contribution in [1.82, 2.24) is 9.97 Å². The summed E-state index contributed by atoms with van der Waals surface area (Å²) < 4.78 is 5.78. The molecule has 2 unspecified atom stereocenters. The van der Waals surface area contributed by atoms with E-state index in [0.717, 1.165) is 43.1 Å². The van der Waals surface area contributed by atoms with Gasteiger partial charge in [0.25, 0.3) is 0 Å². The number of aryl methyl sites for hydroxylation is 1. The Morgan fingerprint density at radius 3 is 2.62 bits per heavy atom. The summed E-state index contributed by atoms with van der Waals surface area (Å²) in [5.74, 6) is 1.68. The molecule has 1 aromatic heterocycles. The van der Waals surface area contributed by atoms with E-state index in [4.69, 9.17) is 16.3 Å². The Labute approximate surface area is 132 Å². The Morgan fingerprint density at radius 2 is 2.05 bits per heavy atom. The molecule has 1 aliphatic rings. The lowest BCUT2D eigenvalue weighted by molar-refractivity contribution is -0.0976. The van der Waals surface area contributed by atoms with Crippen LogP contribution < -0.4 is 5.32 Å². The number of ether oxygens (including phenoxy) is 1. The molecule has 0 radical (unpaired) electrons. The molecule has 2 atom stereocenters. The molecular weight excluding hydrogens is 286 g/mol. The lowest BCUT2D eigenvalue weighted by Crippen LogP contribution is -2.58. The maximum Gasteiger partial charge on any atom is 0.137 e. The summed E-state index contributed by atoms with van der Waals surface area (Å²) in [5, 5.41) is 4.10. The fourth-order valence-electron chi connectivity index (χ4n) is 2.79. The minimum atomic E-state index is 0.102.